The van der Waals surface area contributed by atoms with E-state index in [4.69, 9.17) is 37.6 Å². The van der Waals surface area contributed by atoms with Crippen molar-refractivity contribution in [3.63, 3.8) is 0 Å². The predicted octanol–water partition coefficient (Wildman–Crippen LogP) is 6.59. The van der Waals surface area contributed by atoms with Gasteiger partial charge in [-0.2, -0.15) is 0 Å². The number of aromatic carboxylic acids is 1. The van der Waals surface area contributed by atoms with Crippen LogP contribution in [0.1, 0.15) is 15.9 Å². The average Bonchev–Trinajstić information content (AvgIpc) is 3.21. The zero-order valence-electron chi connectivity index (χ0n) is 15.5. The van der Waals surface area contributed by atoms with Crippen molar-refractivity contribution < 1.29 is 19.2 Å². The molecule has 1 heterocycles. The zero-order chi connectivity index (χ0) is 21.1. The van der Waals surface area contributed by atoms with Gasteiger partial charge in [0.2, 0.25) is 0 Å². The van der Waals surface area contributed by atoms with Crippen LogP contribution in [0.4, 0.5) is 0 Å². The van der Waals surface area contributed by atoms with Gasteiger partial charge in [-0.05, 0) is 47.5 Å². The van der Waals surface area contributed by atoms with Crippen LogP contribution in [0.3, 0.4) is 0 Å². The lowest BCUT2D eigenvalue weighted by Crippen LogP contribution is -1.97. The number of ether oxygens (including phenoxy) is 1. The fourth-order valence-electron chi connectivity index (χ4n) is 3.03. The highest BCUT2D eigenvalue weighted by molar-refractivity contribution is 6.39. The molecule has 0 saturated heterocycles. The number of rotatable bonds is 6. The Balaban J connectivity index is 1.51. The molecule has 0 unspecified atom stereocenters. The van der Waals surface area contributed by atoms with E-state index in [2.05, 4.69) is 5.16 Å². The van der Waals surface area contributed by atoms with Gasteiger partial charge in [0.25, 0.3) is 0 Å². The molecule has 0 saturated carbocycles. The SMILES string of the molecule is O=C(O)c1cccc(-c2ccc(OCc3conc3-c3c(Cl)cccc3Cl)cc2)c1. The van der Waals surface area contributed by atoms with E-state index in [1.807, 2.05) is 30.3 Å². The van der Waals surface area contributed by atoms with Crippen molar-refractivity contribution in [1.82, 2.24) is 5.16 Å². The van der Waals surface area contributed by atoms with Crippen molar-refractivity contribution in [3.8, 4) is 28.1 Å². The van der Waals surface area contributed by atoms with Gasteiger partial charge in [-0.25, -0.2) is 4.79 Å². The molecular weight excluding hydrogens is 425 g/mol. The van der Waals surface area contributed by atoms with Crippen molar-refractivity contribution in [3.05, 3.63) is 94.2 Å². The summed E-state index contributed by atoms with van der Waals surface area (Å²) < 4.78 is 11.0. The van der Waals surface area contributed by atoms with Crippen molar-refractivity contribution in [2.75, 3.05) is 0 Å². The fraction of sp³-hybridized carbons (Fsp3) is 0.0435. The first-order valence-electron chi connectivity index (χ1n) is 8.97. The molecule has 0 aliphatic carbocycles. The Hall–Kier alpha value is -3.28. The number of carboxylic acids is 1. The van der Waals surface area contributed by atoms with Gasteiger partial charge in [-0.15, -0.1) is 0 Å². The van der Waals surface area contributed by atoms with Crippen LogP contribution in [-0.4, -0.2) is 16.2 Å². The van der Waals surface area contributed by atoms with Crippen molar-refractivity contribution in [1.29, 1.82) is 0 Å². The molecule has 0 amide bonds. The lowest BCUT2D eigenvalue weighted by molar-refractivity contribution is 0.0697. The molecule has 0 bridgehead atoms. The number of hydrogen-bond donors (Lipinski definition) is 1. The number of aromatic nitrogens is 1. The molecule has 1 aromatic heterocycles. The summed E-state index contributed by atoms with van der Waals surface area (Å²) in [5.74, 6) is -0.314. The van der Waals surface area contributed by atoms with Crippen LogP contribution in [-0.2, 0) is 6.61 Å². The summed E-state index contributed by atoms with van der Waals surface area (Å²) in [6.45, 7) is 0.216. The molecule has 150 valence electrons. The zero-order valence-corrected chi connectivity index (χ0v) is 17.0. The summed E-state index contributed by atoms with van der Waals surface area (Å²) in [7, 11) is 0. The number of halogens is 2. The summed E-state index contributed by atoms with van der Waals surface area (Å²) in [5, 5.41) is 14.1. The molecule has 5 nitrogen and oxygen atoms in total. The van der Waals surface area contributed by atoms with Crippen molar-refractivity contribution in [2.24, 2.45) is 0 Å². The number of carbonyl (C=O) groups is 1. The van der Waals surface area contributed by atoms with E-state index in [0.717, 1.165) is 11.1 Å². The molecular formula is C23H15Cl2NO4. The molecule has 7 heteroatoms. The smallest absolute Gasteiger partial charge is 0.335 e. The number of hydrogen-bond acceptors (Lipinski definition) is 4. The van der Waals surface area contributed by atoms with E-state index in [1.54, 1.807) is 36.4 Å². The van der Waals surface area contributed by atoms with Gasteiger partial charge in [0.05, 0.1) is 21.2 Å². The summed E-state index contributed by atoms with van der Waals surface area (Å²) in [6.07, 6.45) is 1.50. The molecule has 0 radical (unpaired) electrons. The first-order valence-corrected chi connectivity index (χ1v) is 9.73. The molecule has 0 aliphatic heterocycles. The second-order valence-electron chi connectivity index (χ2n) is 6.48. The highest BCUT2D eigenvalue weighted by Gasteiger charge is 2.17. The Bertz CT molecular complexity index is 1180. The summed E-state index contributed by atoms with van der Waals surface area (Å²) in [6, 6.07) is 19.4. The van der Waals surface area contributed by atoms with E-state index >= 15 is 0 Å². The Morgan fingerprint density at radius 2 is 1.67 bits per heavy atom. The average molecular weight is 440 g/mol. The molecule has 0 fully saturated rings. The fourth-order valence-corrected chi connectivity index (χ4v) is 3.60. The third-order valence-corrected chi connectivity index (χ3v) is 5.16. The van der Waals surface area contributed by atoms with Crippen molar-refractivity contribution in [2.45, 2.75) is 6.61 Å². The van der Waals surface area contributed by atoms with Crippen LogP contribution >= 0.6 is 23.2 Å². The highest BCUT2D eigenvalue weighted by atomic mass is 35.5. The maximum Gasteiger partial charge on any atom is 0.335 e. The number of nitrogens with zero attached hydrogens (tertiary/aromatic N) is 1. The van der Waals surface area contributed by atoms with E-state index in [0.29, 0.717) is 32.6 Å². The quantitative estimate of drug-likeness (QED) is 0.366. The molecule has 4 rings (SSSR count). The lowest BCUT2D eigenvalue weighted by Gasteiger charge is -2.09. The second-order valence-corrected chi connectivity index (χ2v) is 7.30. The van der Waals surface area contributed by atoms with Crippen LogP contribution in [0.5, 0.6) is 5.75 Å². The standard InChI is InChI=1S/C23H15Cl2NO4/c24-19-5-2-6-20(25)21(19)22-17(13-30-26-22)12-29-18-9-7-14(8-10-18)15-3-1-4-16(11-15)23(27)28/h1-11,13H,12H2,(H,27,28). The van der Waals surface area contributed by atoms with Gasteiger partial charge in [-0.1, -0.05) is 58.7 Å². The van der Waals surface area contributed by atoms with E-state index in [-0.39, 0.29) is 12.2 Å². The molecule has 4 aromatic rings. The molecule has 1 N–H and O–H groups in total. The molecule has 30 heavy (non-hydrogen) atoms. The van der Waals surface area contributed by atoms with Crippen LogP contribution in [0.15, 0.2) is 77.5 Å². The Morgan fingerprint density at radius 1 is 0.967 bits per heavy atom. The van der Waals surface area contributed by atoms with Gasteiger partial charge in [0.15, 0.2) is 0 Å². The number of benzene rings is 3. The van der Waals surface area contributed by atoms with Gasteiger partial charge < -0.3 is 14.4 Å². The minimum absolute atomic E-state index is 0.216. The van der Waals surface area contributed by atoms with Gasteiger partial charge >= 0.3 is 5.97 Å². The second kappa shape index (κ2) is 8.61. The largest absolute Gasteiger partial charge is 0.489 e. The summed E-state index contributed by atoms with van der Waals surface area (Å²) in [4.78, 5) is 11.2. The normalized spacial score (nSPS) is 10.7. The van der Waals surface area contributed by atoms with Gasteiger partial charge in [-0.3, -0.25) is 0 Å². The van der Waals surface area contributed by atoms with Crippen LogP contribution < -0.4 is 4.74 Å². The minimum atomic E-state index is -0.958. The Labute approximate surface area is 182 Å². The first kappa shape index (κ1) is 20.0. The van der Waals surface area contributed by atoms with Crippen LogP contribution in [0.25, 0.3) is 22.4 Å². The van der Waals surface area contributed by atoms with Crippen LogP contribution in [0.2, 0.25) is 10.0 Å². The maximum atomic E-state index is 11.2. The third kappa shape index (κ3) is 4.17. The summed E-state index contributed by atoms with van der Waals surface area (Å²) in [5.41, 5.74) is 3.79. The maximum absolute atomic E-state index is 11.2. The van der Waals surface area contributed by atoms with Crippen molar-refractivity contribution >= 4 is 29.2 Å². The van der Waals surface area contributed by atoms with Gasteiger partial charge in [0.1, 0.15) is 24.3 Å². The highest BCUT2D eigenvalue weighted by Crippen LogP contribution is 2.36. The Morgan fingerprint density at radius 3 is 2.37 bits per heavy atom. The Kier molecular flexibility index (Phi) is 5.74. The molecule has 0 atom stereocenters. The van der Waals surface area contributed by atoms with Gasteiger partial charge in [0, 0.05) is 5.56 Å². The molecule has 3 aromatic carbocycles. The monoisotopic (exact) mass is 439 g/mol. The summed E-state index contributed by atoms with van der Waals surface area (Å²) >= 11 is 12.5. The molecule has 0 aliphatic rings. The van der Waals surface area contributed by atoms with E-state index in [9.17, 15) is 4.79 Å². The third-order valence-electron chi connectivity index (χ3n) is 4.53. The van der Waals surface area contributed by atoms with Crippen LogP contribution in [0, 0.1) is 0 Å². The molecule has 0 spiro atoms. The van der Waals surface area contributed by atoms with E-state index in [1.165, 1.54) is 6.26 Å². The minimum Gasteiger partial charge on any atom is -0.489 e. The first-order chi connectivity index (χ1) is 14.5. The predicted molar refractivity (Wildman–Crippen MR) is 115 cm³/mol. The lowest BCUT2D eigenvalue weighted by atomic mass is 10.0. The topological polar surface area (TPSA) is 72.6 Å². The van der Waals surface area contributed by atoms with E-state index < -0.39 is 5.97 Å². The number of carboxylic acid groups (broad SMARTS) is 1.